The molecule has 34 heavy (non-hydrogen) atoms. The SMILES string of the molecule is C1=CCC(C2=CC(N3C4=C(CCCC4)N4c5ccccc5CC43)CC(c3ccccc3)=C2)C=C1. The molecule has 2 aliphatic heterocycles. The monoisotopic (exact) mass is 444 g/mol. The quantitative estimate of drug-likeness (QED) is 0.487. The molecule has 2 nitrogen and oxygen atoms in total. The van der Waals surface area contributed by atoms with Crippen LogP contribution in [0.5, 0.6) is 0 Å². The van der Waals surface area contributed by atoms with Gasteiger partial charge in [-0.2, -0.15) is 0 Å². The number of para-hydroxylation sites is 1. The smallest absolute Gasteiger partial charge is 0.110 e. The highest BCUT2D eigenvalue weighted by atomic mass is 15.4. The van der Waals surface area contributed by atoms with Crippen molar-refractivity contribution in [3.8, 4) is 0 Å². The van der Waals surface area contributed by atoms with Crippen LogP contribution in [0, 0.1) is 5.92 Å². The van der Waals surface area contributed by atoms with Gasteiger partial charge in [0, 0.05) is 29.4 Å². The normalized spacial score (nSPS) is 27.4. The second-order valence-corrected chi connectivity index (χ2v) is 10.3. The zero-order valence-corrected chi connectivity index (χ0v) is 19.7. The Labute approximate surface area is 203 Å². The number of anilines is 1. The van der Waals surface area contributed by atoms with Crippen LogP contribution in [0.2, 0.25) is 0 Å². The summed E-state index contributed by atoms with van der Waals surface area (Å²) in [6.07, 6.45) is 23.0. The Morgan fingerprint density at radius 2 is 1.62 bits per heavy atom. The van der Waals surface area contributed by atoms with Crippen LogP contribution in [-0.2, 0) is 6.42 Å². The van der Waals surface area contributed by atoms with Crippen LogP contribution in [0.15, 0.2) is 108 Å². The Hall–Kier alpha value is -3.26. The summed E-state index contributed by atoms with van der Waals surface area (Å²) in [7, 11) is 0. The van der Waals surface area contributed by atoms with Gasteiger partial charge in [-0.15, -0.1) is 0 Å². The van der Waals surface area contributed by atoms with Crippen molar-refractivity contribution in [3.63, 3.8) is 0 Å². The van der Waals surface area contributed by atoms with Crippen molar-refractivity contribution in [2.24, 2.45) is 5.92 Å². The summed E-state index contributed by atoms with van der Waals surface area (Å²) in [5.41, 5.74) is 10.5. The van der Waals surface area contributed by atoms with Gasteiger partial charge >= 0.3 is 0 Å². The molecule has 3 atom stereocenters. The van der Waals surface area contributed by atoms with E-state index in [1.165, 1.54) is 53.6 Å². The number of benzene rings is 2. The molecule has 5 aliphatic rings. The lowest BCUT2D eigenvalue weighted by Gasteiger charge is -2.39. The van der Waals surface area contributed by atoms with Crippen molar-refractivity contribution in [1.29, 1.82) is 0 Å². The number of rotatable bonds is 3. The van der Waals surface area contributed by atoms with Gasteiger partial charge in [-0.1, -0.05) is 85.0 Å². The molecule has 2 heteroatoms. The van der Waals surface area contributed by atoms with Gasteiger partial charge in [-0.25, -0.2) is 0 Å². The van der Waals surface area contributed by atoms with E-state index < -0.39 is 0 Å². The molecule has 0 bridgehead atoms. The average molecular weight is 445 g/mol. The highest BCUT2D eigenvalue weighted by Gasteiger charge is 2.46. The van der Waals surface area contributed by atoms with Gasteiger partial charge in [-0.05, 0) is 66.9 Å². The molecule has 0 aromatic heterocycles. The van der Waals surface area contributed by atoms with Gasteiger partial charge in [0.2, 0.25) is 0 Å². The Morgan fingerprint density at radius 1 is 0.794 bits per heavy atom. The van der Waals surface area contributed by atoms with Crippen molar-refractivity contribution in [3.05, 3.63) is 119 Å². The molecule has 170 valence electrons. The Balaban J connectivity index is 1.31. The van der Waals surface area contributed by atoms with Crippen molar-refractivity contribution in [1.82, 2.24) is 4.90 Å². The summed E-state index contributed by atoms with van der Waals surface area (Å²) in [6.45, 7) is 0. The molecule has 3 unspecified atom stereocenters. The Bertz CT molecular complexity index is 1260. The third kappa shape index (κ3) is 3.23. The lowest BCUT2D eigenvalue weighted by atomic mass is 9.82. The largest absolute Gasteiger partial charge is 0.346 e. The second-order valence-electron chi connectivity index (χ2n) is 10.3. The molecule has 0 N–H and O–H groups in total. The highest BCUT2D eigenvalue weighted by Crippen LogP contribution is 2.50. The van der Waals surface area contributed by atoms with E-state index in [0.717, 1.165) is 19.3 Å². The van der Waals surface area contributed by atoms with Crippen molar-refractivity contribution in [2.75, 3.05) is 4.90 Å². The van der Waals surface area contributed by atoms with Crippen molar-refractivity contribution >= 4 is 11.3 Å². The van der Waals surface area contributed by atoms with E-state index in [0.29, 0.717) is 18.1 Å². The van der Waals surface area contributed by atoms with E-state index in [1.54, 1.807) is 11.4 Å². The van der Waals surface area contributed by atoms with E-state index in [9.17, 15) is 0 Å². The van der Waals surface area contributed by atoms with E-state index in [1.807, 2.05) is 0 Å². The van der Waals surface area contributed by atoms with Crippen molar-refractivity contribution in [2.45, 2.75) is 57.2 Å². The van der Waals surface area contributed by atoms with Gasteiger partial charge in [0.05, 0.1) is 6.04 Å². The molecule has 2 aromatic rings. The van der Waals surface area contributed by atoms with Crippen LogP contribution in [0.1, 0.15) is 49.7 Å². The molecule has 0 fully saturated rings. The maximum Gasteiger partial charge on any atom is 0.110 e. The molecular weight excluding hydrogens is 412 g/mol. The van der Waals surface area contributed by atoms with Crippen LogP contribution >= 0.6 is 0 Å². The number of allylic oxidation sites excluding steroid dienone is 8. The predicted octanol–water partition coefficient (Wildman–Crippen LogP) is 7.39. The standard InChI is InChI=1S/C32H32N2/c1-3-11-23(12-4-1)26-19-27(24-13-5-2-6-14-24)21-28(20-26)33-30-17-9-10-18-31(30)34-29-16-8-7-15-25(29)22-32(33)34/h1-8,11-13,15-16,19,21,24,28,32H,9-10,14,17-18,20,22H2. The maximum absolute atomic E-state index is 2.84. The minimum absolute atomic E-state index is 0.405. The predicted molar refractivity (Wildman–Crippen MR) is 141 cm³/mol. The number of hydrogen-bond donors (Lipinski definition) is 0. The zero-order valence-electron chi connectivity index (χ0n) is 19.7. The van der Waals surface area contributed by atoms with Gasteiger partial charge < -0.3 is 9.80 Å². The van der Waals surface area contributed by atoms with Crippen LogP contribution in [-0.4, -0.2) is 17.1 Å². The third-order valence-corrected chi connectivity index (χ3v) is 8.35. The first-order chi connectivity index (χ1) is 16.9. The van der Waals surface area contributed by atoms with E-state index in [-0.39, 0.29) is 0 Å². The summed E-state index contributed by atoms with van der Waals surface area (Å²) < 4.78 is 0. The minimum atomic E-state index is 0.405. The van der Waals surface area contributed by atoms with E-state index >= 15 is 0 Å². The fourth-order valence-electron chi connectivity index (χ4n) is 6.83. The maximum atomic E-state index is 2.84. The Kier molecular flexibility index (Phi) is 4.86. The van der Waals surface area contributed by atoms with Gasteiger partial charge in [0.1, 0.15) is 6.17 Å². The highest BCUT2D eigenvalue weighted by molar-refractivity contribution is 5.72. The van der Waals surface area contributed by atoms with E-state index in [4.69, 9.17) is 0 Å². The summed E-state index contributed by atoms with van der Waals surface area (Å²) in [4.78, 5) is 5.55. The van der Waals surface area contributed by atoms with Crippen LogP contribution in [0.4, 0.5) is 5.69 Å². The summed E-state index contributed by atoms with van der Waals surface area (Å²) in [6, 6.07) is 20.6. The molecule has 2 aromatic carbocycles. The molecule has 0 amide bonds. The molecular formula is C32H32N2. The Morgan fingerprint density at radius 3 is 2.47 bits per heavy atom. The topological polar surface area (TPSA) is 6.48 Å². The first kappa shape index (κ1) is 20.1. The van der Waals surface area contributed by atoms with Crippen LogP contribution in [0.3, 0.4) is 0 Å². The fourth-order valence-corrected chi connectivity index (χ4v) is 6.83. The number of fused-ring (bicyclic) bond motifs is 4. The number of nitrogens with zero attached hydrogens (tertiary/aromatic N) is 2. The van der Waals surface area contributed by atoms with Gasteiger partial charge in [0.15, 0.2) is 0 Å². The summed E-state index contributed by atoms with van der Waals surface area (Å²) >= 11 is 0. The van der Waals surface area contributed by atoms with Crippen molar-refractivity contribution < 1.29 is 0 Å². The third-order valence-electron chi connectivity index (χ3n) is 8.35. The van der Waals surface area contributed by atoms with E-state index in [2.05, 4.69) is 101 Å². The summed E-state index contributed by atoms with van der Waals surface area (Å²) in [5, 5.41) is 0. The van der Waals surface area contributed by atoms with Crippen LogP contribution < -0.4 is 4.90 Å². The number of hydrogen-bond acceptors (Lipinski definition) is 2. The average Bonchev–Trinajstić information content (AvgIpc) is 3.44. The lowest BCUT2D eigenvalue weighted by molar-refractivity contribution is 0.232. The molecule has 2 heterocycles. The zero-order chi connectivity index (χ0) is 22.5. The van der Waals surface area contributed by atoms with Crippen LogP contribution in [0.25, 0.3) is 5.57 Å². The van der Waals surface area contributed by atoms with Gasteiger partial charge in [0.25, 0.3) is 0 Å². The molecule has 0 saturated carbocycles. The molecule has 3 aliphatic carbocycles. The molecule has 0 spiro atoms. The molecule has 0 radical (unpaired) electrons. The van der Waals surface area contributed by atoms with Gasteiger partial charge in [-0.3, -0.25) is 0 Å². The minimum Gasteiger partial charge on any atom is -0.346 e. The first-order valence-corrected chi connectivity index (χ1v) is 13.1. The molecule has 7 rings (SSSR count). The summed E-state index contributed by atoms with van der Waals surface area (Å²) in [5.74, 6) is 0.478. The first-order valence-electron chi connectivity index (χ1n) is 13.1. The second kappa shape index (κ2) is 8.20. The molecule has 0 saturated heterocycles. The fraction of sp³-hybridized carbons (Fsp3) is 0.312. The lowest BCUT2D eigenvalue weighted by Crippen LogP contribution is -2.44.